The lowest BCUT2D eigenvalue weighted by Crippen LogP contribution is -2.17. The lowest BCUT2D eigenvalue weighted by molar-refractivity contribution is -0.139. The third kappa shape index (κ3) is 4.70. The van der Waals surface area contributed by atoms with E-state index < -0.39 is 25.0 Å². The predicted molar refractivity (Wildman–Crippen MR) is 64.8 cm³/mol. The molecule has 0 aliphatic carbocycles. The molecule has 1 rings (SSSR count). The van der Waals surface area contributed by atoms with Crippen molar-refractivity contribution in [2.45, 2.75) is 32.5 Å². The van der Waals surface area contributed by atoms with Gasteiger partial charge < -0.3 is 10.1 Å². The van der Waals surface area contributed by atoms with Crippen LogP contribution in [0, 0.1) is 12.7 Å². The van der Waals surface area contributed by atoms with Crippen LogP contribution in [0.1, 0.15) is 30.5 Å². The highest BCUT2D eigenvalue weighted by atomic mass is 19.4. The predicted octanol–water partition coefficient (Wildman–Crippen LogP) is 3.75. The largest absolute Gasteiger partial charge is 0.493 e. The summed E-state index contributed by atoms with van der Waals surface area (Å²) >= 11 is 0. The molecule has 0 aliphatic heterocycles. The van der Waals surface area contributed by atoms with Gasteiger partial charge in [-0.05, 0) is 38.6 Å². The van der Waals surface area contributed by atoms with Crippen molar-refractivity contribution in [3.63, 3.8) is 0 Å². The summed E-state index contributed by atoms with van der Waals surface area (Å²) in [5, 5.41) is 2.91. The quantitative estimate of drug-likeness (QED) is 0.829. The summed E-state index contributed by atoms with van der Waals surface area (Å²) in [6.45, 7) is 2.85. The van der Waals surface area contributed by atoms with E-state index in [0.29, 0.717) is 11.1 Å². The molecule has 6 heteroatoms. The van der Waals surface area contributed by atoms with E-state index in [-0.39, 0.29) is 11.8 Å². The van der Waals surface area contributed by atoms with Crippen molar-refractivity contribution in [3.8, 4) is 5.75 Å². The minimum atomic E-state index is -4.26. The van der Waals surface area contributed by atoms with Gasteiger partial charge in [0.2, 0.25) is 0 Å². The minimum absolute atomic E-state index is 0.212. The monoisotopic (exact) mass is 279 g/mol. The molecule has 1 unspecified atom stereocenters. The van der Waals surface area contributed by atoms with E-state index in [9.17, 15) is 17.6 Å². The summed E-state index contributed by atoms with van der Waals surface area (Å²) in [7, 11) is 1.68. The average Bonchev–Trinajstić information content (AvgIpc) is 2.30. The van der Waals surface area contributed by atoms with E-state index in [1.807, 2.05) is 0 Å². The van der Waals surface area contributed by atoms with Crippen molar-refractivity contribution in [1.29, 1.82) is 0 Å². The minimum Gasteiger partial charge on any atom is -0.493 e. The molecule has 1 aromatic rings. The molecule has 0 saturated heterocycles. The van der Waals surface area contributed by atoms with E-state index >= 15 is 0 Å². The normalized spacial score (nSPS) is 13.4. The van der Waals surface area contributed by atoms with Gasteiger partial charge in [0.1, 0.15) is 11.6 Å². The molecule has 2 nitrogen and oxygen atoms in total. The van der Waals surface area contributed by atoms with Crippen molar-refractivity contribution in [2.75, 3.05) is 13.7 Å². The Morgan fingerprint density at radius 3 is 2.47 bits per heavy atom. The van der Waals surface area contributed by atoms with Gasteiger partial charge in [0.15, 0.2) is 0 Å². The van der Waals surface area contributed by atoms with Crippen LogP contribution < -0.4 is 10.1 Å². The molecule has 0 spiro atoms. The van der Waals surface area contributed by atoms with E-state index in [1.54, 1.807) is 20.9 Å². The highest BCUT2D eigenvalue weighted by molar-refractivity contribution is 5.40. The maximum Gasteiger partial charge on any atom is 0.392 e. The van der Waals surface area contributed by atoms with Crippen molar-refractivity contribution in [2.24, 2.45) is 0 Å². The summed E-state index contributed by atoms with van der Waals surface area (Å²) in [6.07, 6.45) is -5.29. The molecular weight excluding hydrogens is 262 g/mol. The molecule has 0 heterocycles. The molecule has 108 valence electrons. The van der Waals surface area contributed by atoms with Gasteiger partial charge in [-0.2, -0.15) is 13.2 Å². The maximum atomic E-state index is 13.5. The molecule has 0 amide bonds. The third-order valence-electron chi connectivity index (χ3n) is 2.83. The second-order valence-corrected chi connectivity index (χ2v) is 4.36. The Kier molecular flexibility index (Phi) is 5.17. The van der Waals surface area contributed by atoms with Crippen molar-refractivity contribution in [1.82, 2.24) is 5.32 Å². The molecular formula is C13H17F4NO. The Bertz CT molecular complexity index is 431. The van der Waals surface area contributed by atoms with Gasteiger partial charge in [0.25, 0.3) is 0 Å². The number of alkyl halides is 3. The number of nitrogens with one attached hydrogen (secondary N) is 1. The first kappa shape index (κ1) is 15.8. The molecule has 1 atom stereocenters. The van der Waals surface area contributed by atoms with Crippen LogP contribution in [0.4, 0.5) is 17.6 Å². The number of hydrogen-bond donors (Lipinski definition) is 1. The fourth-order valence-electron chi connectivity index (χ4n) is 1.57. The maximum absolute atomic E-state index is 13.5. The van der Waals surface area contributed by atoms with Crippen molar-refractivity contribution < 1.29 is 22.3 Å². The van der Waals surface area contributed by atoms with Crippen LogP contribution >= 0.6 is 0 Å². The van der Waals surface area contributed by atoms with E-state index in [4.69, 9.17) is 4.74 Å². The molecule has 0 aliphatic rings. The Labute approximate surface area is 109 Å². The molecule has 1 aromatic carbocycles. The van der Waals surface area contributed by atoms with Gasteiger partial charge >= 0.3 is 6.18 Å². The highest BCUT2D eigenvalue weighted by Gasteiger charge is 2.27. The fourth-order valence-corrected chi connectivity index (χ4v) is 1.57. The highest BCUT2D eigenvalue weighted by Crippen LogP contribution is 2.29. The Morgan fingerprint density at radius 1 is 1.32 bits per heavy atom. The van der Waals surface area contributed by atoms with Crippen LogP contribution in [0.5, 0.6) is 5.75 Å². The second kappa shape index (κ2) is 6.23. The Balaban J connectivity index is 2.88. The third-order valence-corrected chi connectivity index (χ3v) is 2.83. The van der Waals surface area contributed by atoms with Gasteiger partial charge in [0.05, 0.1) is 13.0 Å². The van der Waals surface area contributed by atoms with Gasteiger partial charge in [-0.1, -0.05) is 0 Å². The summed E-state index contributed by atoms with van der Waals surface area (Å²) < 4.78 is 54.9. The molecule has 0 radical (unpaired) electrons. The first-order valence-electron chi connectivity index (χ1n) is 5.91. The van der Waals surface area contributed by atoms with E-state index in [0.717, 1.165) is 0 Å². The summed E-state index contributed by atoms with van der Waals surface area (Å²) in [6, 6.07) is 2.50. The zero-order valence-electron chi connectivity index (χ0n) is 11.1. The number of aryl methyl sites for hydroxylation is 1. The Morgan fingerprint density at radius 2 is 1.95 bits per heavy atom. The zero-order valence-corrected chi connectivity index (χ0v) is 11.1. The number of benzene rings is 1. The smallest absolute Gasteiger partial charge is 0.392 e. The standard InChI is InChI=1S/C13H17F4NO/c1-8-6-12(19-5-4-13(15,16)17)10(7-11(8)14)9(2)18-3/h6-7,9,18H,4-5H2,1-3H3. The molecule has 0 fully saturated rings. The first-order chi connectivity index (χ1) is 8.74. The average molecular weight is 279 g/mol. The summed E-state index contributed by atoms with van der Waals surface area (Å²) in [5.41, 5.74) is 0.849. The number of hydrogen-bond acceptors (Lipinski definition) is 2. The van der Waals surface area contributed by atoms with Crippen LogP contribution in [0.25, 0.3) is 0 Å². The topological polar surface area (TPSA) is 21.3 Å². The summed E-state index contributed by atoms with van der Waals surface area (Å²) in [4.78, 5) is 0. The second-order valence-electron chi connectivity index (χ2n) is 4.36. The van der Waals surface area contributed by atoms with Crippen LogP contribution in [0.3, 0.4) is 0 Å². The van der Waals surface area contributed by atoms with Crippen molar-refractivity contribution in [3.05, 3.63) is 29.1 Å². The Hall–Kier alpha value is -1.30. The van der Waals surface area contributed by atoms with Crippen LogP contribution in [0.2, 0.25) is 0 Å². The van der Waals surface area contributed by atoms with Crippen LogP contribution in [-0.2, 0) is 0 Å². The van der Waals surface area contributed by atoms with Crippen LogP contribution in [0.15, 0.2) is 12.1 Å². The van der Waals surface area contributed by atoms with Gasteiger partial charge in [-0.25, -0.2) is 4.39 Å². The molecule has 0 bridgehead atoms. The molecule has 0 saturated carbocycles. The lowest BCUT2D eigenvalue weighted by atomic mass is 10.0. The SMILES string of the molecule is CNC(C)c1cc(F)c(C)cc1OCCC(F)(F)F. The molecule has 19 heavy (non-hydrogen) atoms. The van der Waals surface area contributed by atoms with E-state index in [2.05, 4.69) is 5.32 Å². The van der Waals surface area contributed by atoms with Gasteiger partial charge in [-0.15, -0.1) is 0 Å². The fraction of sp³-hybridized carbons (Fsp3) is 0.538. The first-order valence-corrected chi connectivity index (χ1v) is 5.91. The number of halogens is 4. The summed E-state index contributed by atoms with van der Waals surface area (Å²) in [5.74, 6) is -0.120. The van der Waals surface area contributed by atoms with Gasteiger partial charge in [-0.3, -0.25) is 0 Å². The molecule has 0 aromatic heterocycles. The lowest BCUT2D eigenvalue weighted by Gasteiger charge is -2.18. The zero-order chi connectivity index (χ0) is 14.6. The van der Waals surface area contributed by atoms with Crippen LogP contribution in [-0.4, -0.2) is 19.8 Å². The van der Waals surface area contributed by atoms with Crippen molar-refractivity contribution >= 4 is 0 Å². The number of ether oxygens (including phenoxy) is 1. The van der Waals surface area contributed by atoms with Gasteiger partial charge in [0, 0.05) is 11.6 Å². The molecule has 1 N–H and O–H groups in total. The van der Waals surface area contributed by atoms with E-state index in [1.165, 1.54) is 12.1 Å². The number of rotatable bonds is 5.